The molecule has 9 heavy (non-hydrogen) atoms. The van der Waals surface area contributed by atoms with Crippen molar-refractivity contribution in [3.8, 4) is 0 Å². The van der Waals surface area contributed by atoms with Crippen molar-refractivity contribution in [2.45, 2.75) is 0 Å². The van der Waals surface area contributed by atoms with Gasteiger partial charge in [0.05, 0.1) is 11.4 Å². The number of benzene rings is 1. The van der Waals surface area contributed by atoms with Gasteiger partial charge < -0.3 is 11.5 Å². The molecule has 4 N–H and O–H groups in total. The Kier molecular flexibility index (Phi) is 3.09. The molecular formula is C6H9BrN2. The molecule has 0 aliphatic heterocycles. The predicted molar refractivity (Wildman–Crippen MR) is 45.6 cm³/mol. The molecule has 3 heteroatoms. The van der Waals surface area contributed by atoms with E-state index in [4.69, 9.17) is 11.5 Å². The first-order chi connectivity index (χ1) is 3.80. The maximum Gasteiger partial charge on any atom is 0.0547 e. The summed E-state index contributed by atoms with van der Waals surface area (Å²) in [6.07, 6.45) is 0. The average molecular weight is 189 g/mol. The minimum absolute atomic E-state index is 0. The standard InChI is InChI=1S/C6H8N2.BrH/c7-5-3-1-2-4-6(5)8;/h1-4H,7-8H2;1H. The molecule has 0 saturated heterocycles. The highest BCUT2D eigenvalue weighted by atomic mass is 79.9. The summed E-state index contributed by atoms with van der Waals surface area (Å²) in [5, 5.41) is 0. The SMILES string of the molecule is Br.Nc1ccccc1N. The smallest absolute Gasteiger partial charge is 0.0547 e. The van der Waals surface area contributed by atoms with Crippen molar-refractivity contribution in [1.29, 1.82) is 0 Å². The highest BCUT2D eigenvalue weighted by Gasteiger charge is 1.85. The van der Waals surface area contributed by atoms with Crippen LogP contribution in [0.4, 0.5) is 11.4 Å². The maximum atomic E-state index is 5.39. The van der Waals surface area contributed by atoms with Gasteiger partial charge in [0.25, 0.3) is 0 Å². The highest BCUT2D eigenvalue weighted by molar-refractivity contribution is 8.93. The lowest BCUT2D eigenvalue weighted by molar-refractivity contribution is 1.67. The van der Waals surface area contributed by atoms with Crippen LogP contribution in [-0.4, -0.2) is 0 Å². The third-order valence-electron chi connectivity index (χ3n) is 0.996. The zero-order valence-corrected chi connectivity index (χ0v) is 6.59. The van der Waals surface area contributed by atoms with E-state index in [9.17, 15) is 0 Å². The normalized spacial score (nSPS) is 8.00. The minimum atomic E-state index is 0. The largest absolute Gasteiger partial charge is 0.397 e. The van der Waals surface area contributed by atoms with E-state index in [1.54, 1.807) is 12.1 Å². The van der Waals surface area contributed by atoms with E-state index in [1.165, 1.54) is 0 Å². The van der Waals surface area contributed by atoms with Crippen LogP contribution in [0.1, 0.15) is 0 Å². The van der Waals surface area contributed by atoms with Crippen LogP contribution in [0.15, 0.2) is 24.3 Å². The summed E-state index contributed by atoms with van der Waals surface area (Å²) >= 11 is 0. The number of hydrogen-bond donors (Lipinski definition) is 2. The Balaban J connectivity index is 0.000000640. The summed E-state index contributed by atoms with van der Waals surface area (Å²) in [5.74, 6) is 0. The molecule has 0 aliphatic carbocycles. The van der Waals surface area contributed by atoms with Crippen LogP contribution in [0, 0.1) is 0 Å². The Bertz CT molecular complexity index is 167. The zero-order chi connectivity index (χ0) is 5.98. The van der Waals surface area contributed by atoms with Crippen molar-refractivity contribution in [2.75, 3.05) is 11.5 Å². The van der Waals surface area contributed by atoms with Gasteiger partial charge in [-0.3, -0.25) is 0 Å². The monoisotopic (exact) mass is 188 g/mol. The van der Waals surface area contributed by atoms with Gasteiger partial charge in [0.1, 0.15) is 0 Å². The molecular weight excluding hydrogens is 180 g/mol. The fraction of sp³-hybridized carbons (Fsp3) is 0. The Morgan fingerprint density at radius 1 is 0.889 bits per heavy atom. The molecule has 0 spiro atoms. The number of nitrogen functional groups attached to an aromatic ring is 2. The van der Waals surface area contributed by atoms with E-state index < -0.39 is 0 Å². The molecule has 1 rings (SSSR count). The van der Waals surface area contributed by atoms with E-state index in [0.717, 1.165) is 0 Å². The summed E-state index contributed by atoms with van der Waals surface area (Å²) in [5.41, 5.74) is 12.1. The van der Waals surface area contributed by atoms with Crippen molar-refractivity contribution in [1.82, 2.24) is 0 Å². The molecule has 0 aromatic heterocycles. The van der Waals surface area contributed by atoms with Crippen molar-refractivity contribution < 1.29 is 0 Å². The lowest BCUT2D eigenvalue weighted by Crippen LogP contribution is -1.91. The Morgan fingerprint density at radius 2 is 1.22 bits per heavy atom. The second kappa shape index (κ2) is 3.35. The van der Waals surface area contributed by atoms with Crippen LogP contribution in [0.2, 0.25) is 0 Å². The fourth-order valence-corrected chi connectivity index (χ4v) is 0.511. The summed E-state index contributed by atoms with van der Waals surface area (Å²) in [4.78, 5) is 0. The number of para-hydroxylation sites is 2. The lowest BCUT2D eigenvalue weighted by atomic mass is 10.3. The Labute approximate surface area is 64.6 Å². The van der Waals surface area contributed by atoms with Crippen LogP contribution < -0.4 is 11.5 Å². The summed E-state index contributed by atoms with van der Waals surface area (Å²) in [6.45, 7) is 0. The van der Waals surface area contributed by atoms with E-state index in [1.807, 2.05) is 12.1 Å². The number of halogens is 1. The van der Waals surface area contributed by atoms with Gasteiger partial charge >= 0.3 is 0 Å². The van der Waals surface area contributed by atoms with Crippen molar-refractivity contribution in [2.24, 2.45) is 0 Å². The third-order valence-corrected chi connectivity index (χ3v) is 0.996. The number of nitrogens with two attached hydrogens (primary N) is 2. The number of rotatable bonds is 0. The number of hydrogen-bond acceptors (Lipinski definition) is 2. The minimum Gasteiger partial charge on any atom is -0.397 e. The Hall–Kier alpha value is -0.700. The first-order valence-corrected chi connectivity index (χ1v) is 2.40. The molecule has 0 heterocycles. The quantitative estimate of drug-likeness (QED) is 0.606. The van der Waals surface area contributed by atoms with Gasteiger partial charge in [-0.15, -0.1) is 17.0 Å². The van der Waals surface area contributed by atoms with E-state index in [0.29, 0.717) is 11.4 Å². The van der Waals surface area contributed by atoms with Gasteiger partial charge in [-0.1, -0.05) is 12.1 Å². The molecule has 0 fully saturated rings. The van der Waals surface area contributed by atoms with Crippen LogP contribution in [0.25, 0.3) is 0 Å². The molecule has 0 atom stereocenters. The van der Waals surface area contributed by atoms with Crippen LogP contribution in [0.3, 0.4) is 0 Å². The van der Waals surface area contributed by atoms with Gasteiger partial charge in [-0.05, 0) is 12.1 Å². The average Bonchev–Trinajstić information content (AvgIpc) is 1.77. The van der Waals surface area contributed by atoms with Crippen LogP contribution >= 0.6 is 17.0 Å². The number of anilines is 2. The molecule has 50 valence electrons. The highest BCUT2D eigenvalue weighted by Crippen LogP contribution is 2.10. The second-order valence-electron chi connectivity index (χ2n) is 1.63. The van der Waals surface area contributed by atoms with Crippen molar-refractivity contribution in [3.05, 3.63) is 24.3 Å². The Morgan fingerprint density at radius 3 is 1.44 bits per heavy atom. The summed E-state index contributed by atoms with van der Waals surface area (Å²) in [6, 6.07) is 7.25. The molecule has 0 aliphatic rings. The summed E-state index contributed by atoms with van der Waals surface area (Å²) < 4.78 is 0. The molecule has 1 aromatic rings. The first-order valence-electron chi connectivity index (χ1n) is 2.40. The lowest BCUT2D eigenvalue weighted by Gasteiger charge is -1.94. The zero-order valence-electron chi connectivity index (χ0n) is 4.87. The van der Waals surface area contributed by atoms with Crippen molar-refractivity contribution in [3.63, 3.8) is 0 Å². The topological polar surface area (TPSA) is 52.0 Å². The summed E-state index contributed by atoms with van der Waals surface area (Å²) in [7, 11) is 0. The first kappa shape index (κ1) is 8.30. The van der Waals surface area contributed by atoms with Gasteiger partial charge in [0.2, 0.25) is 0 Å². The second-order valence-corrected chi connectivity index (χ2v) is 1.63. The molecule has 0 radical (unpaired) electrons. The van der Waals surface area contributed by atoms with Crippen LogP contribution in [-0.2, 0) is 0 Å². The predicted octanol–water partition coefficient (Wildman–Crippen LogP) is 1.43. The maximum absolute atomic E-state index is 5.39. The fourth-order valence-electron chi connectivity index (χ4n) is 0.511. The molecule has 0 bridgehead atoms. The molecule has 0 unspecified atom stereocenters. The van der Waals surface area contributed by atoms with E-state index in [-0.39, 0.29) is 17.0 Å². The third kappa shape index (κ3) is 1.93. The molecule has 0 amide bonds. The molecule has 0 saturated carbocycles. The van der Waals surface area contributed by atoms with E-state index in [2.05, 4.69) is 0 Å². The van der Waals surface area contributed by atoms with Gasteiger partial charge in [-0.2, -0.15) is 0 Å². The molecule has 2 nitrogen and oxygen atoms in total. The van der Waals surface area contributed by atoms with Gasteiger partial charge in [-0.25, -0.2) is 0 Å². The van der Waals surface area contributed by atoms with Gasteiger partial charge in [0.15, 0.2) is 0 Å². The van der Waals surface area contributed by atoms with Gasteiger partial charge in [0, 0.05) is 0 Å². The molecule has 1 aromatic carbocycles. The van der Waals surface area contributed by atoms with Crippen LogP contribution in [0.5, 0.6) is 0 Å². The van der Waals surface area contributed by atoms with E-state index >= 15 is 0 Å². The van der Waals surface area contributed by atoms with Crippen molar-refractivity contribution >= 4 is 28.4 Å².